The van der Waals surface area contributed by atoms with Gasteiger partial charge in [-0.1, -0.05) is 51.1 Å². The lowest BCUT2D eigenvalue weighted by Crippen LogP contribution is -2.45. The highest BCUT2D eigenvalue weighted by molar-refractivity contribution is 5.79. The summed E-state index contributed by atoms with van der Waals surface area (Å²) in [6, 6.07) is 10.0. The number of benzene rings is 1. The summed E-state index contributed by atoms with van der Waals surface area (Å²) >= 11 is 0. The summed E-state index contributed by atoms with van der Waals surface area (Å²) in [7, 11) is 1.37. The molecule has 0 spiro atoms. The molecule has 0 heterocycles. The fourth-order valence-corrected chi connectivity index (χ4v) is 2.54. The molecule has 1 amide bonds. The van der Waals surface area contributed by atoms with Crippen molar-refractivity contribution >= 4 is 11.9 Å². The SMILES string of the molecule is CCC(c1ccccc1)N(CC(=O)NC(C)C(C)C)CC(=O)OC. The molecule has 5 nitrogen and oxygen atoms in total. The highest BCUT2D eigenvalue weighted by Gasteiger charge is 2.24. The molecule has 0 aliphatic rings. The molecule has 1 aromatic carbocycles. The van der Waals surface area contributed by atoms with E-state index in [4.69, 9.17) is 4.74 Å². The van der Waals surface area contributed by atoms with E-state index in [0.717, 1.165) is 12.0 Å². The Morgan fingerprint density at radius 2 is 1.75 bits per heavy atom. The number of hydrogen-bond acceptors (Lipinski definition) is 4. The Kier molecular flexibility index (Phi) is 8.47. The third-order valence-corrected chi connectivity index (χ3v) is 4.31. The van der Waals surface area contributed by atoms with Crippen molar-refractivity contribution < 1.29 is 14.3 Å². The van der Waals surface area contributed by atoms with Gasteiger partial charge in [-0.05, 0) is 24.8 Å². The minimum absolute atomic E-state index is 0.00888. The van der Waals surface area contributed by atoms with E-state index in [0.29, 0.717) is 5.92 Å². The molecule has 0 aliphatic heterocycles. The molecule has 0 aromatic heterocycles. The van der Waals surface area contributed by atoms with Crippen molar-refractivity contribution in [2.24, 2.45) is 5.92 Å². The molecule has 2 unspecified atom stereocenters. The topological polar surface area (TPSA) is 58.6 Å². The number of hydrogen-bond donors (Lipinski definition) is 1. The second-order valence-corrected chi connectivity index (χ2v) is 6.42. The molecular formula is C19H30N2O3. The van der Waals surface area contributed by atoms with Crippen molar-refractivity contribution in [2.75, 3.05) is 20.2 Å². The maximum absolute atomic E-state index is 12.4. The minimum Gasteiger partial charge on any atom is -0.468 e. The summed E-state index contributed by atoms with van der Waals surface area (Å²) in [6.07, 6.45) is 0.800. The van der Waals surface area contributed by atoms with Crippen molar-refractivity contribution in [1.82, 2.24) is 10.2 Å². The Labute approximate surface area is 145 Å². The predicted octanol–water partition coefficient (Wildman–Crippen LogP) is 2.77. The Hall–Kier alpha value is -1.88. The maximum atomic E-state index is 12.4. The van der Waals surface area contributed by atoms with Gasteiger partial charge in [-0.3, -0.25) is 14.5 Å². The molecule has 0 fully saturated rings. The fraction of sp³-hybridized carbons (Fsp3) is 0.579. The van der Waals surface area contributed by atoms with Gasteiger partial charge in [-0.15, -0.1) is 0 Å². The highest BCUT2D eigenvalue weighted by atomic mass is 16.5. The first-order valence-electron chi connectivity index (χ1n) is 8.54. The molecule has 2 atom stereocenters. The van der Waals surface area contributed by atoms with Gasteiger partial charge >= 0.3 is 5.97 Å². The van der Waals surface area contributed by atoms with E-state index in [9.17, 15) is 9.59 Å². The van der Waals surface area contributed by atoms with Crippen LogP contribution < -0.4 is 5.32 Å². The van der Waals surface area contributed by atoms with Crippen LogP contribution in [0.15, 0.2) is 30.3 Å². The van der Waals surface area contributed by atoms with Crippen LogP contribution in [-0.4, -0.2) is 43.0 Å². The normalized spacial score (nSPS) is 13.6. The second kappa shape index (κ2) is 10.1. The number of carbonyl (C=O) groups excluding carboxylic acids is 2. The van der Waals surface area contributed by atoms with E-state index < -0.39 is 0 Å². The lowest BCUT2D eigenvalue weighted by atomic mass is 10.0. The van der Waals surface area contributed by atoms with Crippen molar-refractivity contribution in [3.05, 3.63) is 35.9 Å². The van der Waals surface area contributed by atoms with Crippen molar-refractivity contribution in [2.45, 2.75) is 46.2 Å². The molecule has 1 N–H and O–H groups in total. The molecule has 1 rings (SSSR count). The number of nitrogens with one attached hydrogen (secondary N) is 1. The van der Waals surface area contributed by atoms with Gasteiger partial charge in [0, 0.05) is 12.1 Å². The smallest absolute Gasteiger partial charge is 0.319 e. The van der Waals surface area contributed by atoms with Crippen LogP contribution in [0.4, 0.5) is 0 Å². The van der Waals surface area contributed by atoms with Crippen LogP contribution in [0.3, 0.4) is 0 Å². The Morgan fingerprint density at radius 3 is 2.25 bits per heavy atom. The van der Waals surface area contributed by atoms with Crippen LogP contribution in [0.2, 0.25) is 0 Å². The Morgan fingerprint density at radius 1 is 1.12 bits per heavy atom. The number of methoxy groups -OCH3 is 1. The van der Waals surface area contributed by atoms with Crippen LogP contribution in [0.5, 0.6) is 0 Å². The van der Waals surface area contributed by atoms with Crippen LogP contribution in [0.25, 0.3) is 0 Å². The molecule has 134 valence electrons. The van der Waals surface area contributed by atoms with Crippen LogP contribution in [0.1, 0.15) is 45.7 Å². The third-order valence-electron chi connectivity index (χ3n) is 4.31. The Bertz CT molecular complexity index is 517. The molecule has 24 heavy (non-hydrogen) atoms. The summed E-state index contributed by atoms with van der Waals surface area (Å²) < 4.78 is 4.80. The van der Waals surface area contributed by atoms with Crippen LogP contribution >= 0.6 is 0 Å². The first-order chi connectivity index (χ1) is 11.4. The predicted molar refractivity (Wildman–Crippen MR) is 95.5 cm³/mol. The standard InChI is InChI=1S/C19H30N2O3/c1-6-17(16-10-8-7-9-11-16)21(13-19(23)24-5)12-18(22)20-15(4)14(2)3/h7-11,14-15,17H,6,12-13H2,1-5H3,(H,20,22). The van der Waals surface area contributed by atoms with Gasteiger partial charge in [0.1, 0.15) is 0 Å². The summed E-state index contributed by atoms with van der Waals surface area (Å²) in [5.74, 6) is -0.0531. The van der Waals surface area contributed by atoms with Crippen molar-refractivity contribution in [3.63, 3.8) is 0 Å². The lowest BCUT2D eigenvalue weighted by Gasteiger charge is -2.30. The van der Waals surface area contributed by atoms with Gasteiger partial charge < -0.3 is 10.1 Å². The van der Waals surface area contributed by atoms with Gasteiger partial charge in [0.15, 0.2) is 0 Å². The van der Waals surface area contributed by atoms with Gasteiger partial charge in [0.05, 0.1) is 20.2 Å². The van der Waals surface area contributed by atoms with Crippen molar-refractivity contribution in [1.29, 1.82) is 0 Å². The molecular weight excluding hydrogens is 304 g/mol. The summed E-state index contributed by atoms with van der Waals surface area (Å²) in [5, 5.41) is 3.00. The monoisotopic (exact) mass is 334 g/mol. The van der Waals surface area contributed by atoms with E-state index in [1.54, 1.807) is 0 Å². The number of esters is 1. The largest absolute Gasteiger partial charge is 0.468 e. The zero-order chi connectivity index (χ0) is 18.1. The lowest BCUT2D eigenvalue weighted by molar-refractivity contribution is -0.143. The molecule has 0 saturated carbocycles. The van der Waals surface area contributed by atoms with Gasteiger partial charge in [0.25, 0.3) is 0 Å². The van der Waals surface area contributed by atoms with Gasteiger partial charge in [-0.25, -0.2) is 0 Å². The first kappa shape index (κ1) is 20.2. The van der Waals surface area contributed by atoms with Gasteiger partial charge in [0.2, 0.25) is 5.91 Å². The van der Waals surface area contributed by atoms with Crippen molar-refractivity contribution in [3.8, 4) is 0 Å². The number of amides is 1. The van der Waals surface area contributed by atoms with E-state index in [-0.39, 0.29) is 37.0 Å². The van der Waals surface area contributed by atoms with E-state index in [2.05, 4.69) is 26.1 Å². The number of ether oxygens (including phenoxy) is 1. The number of rotatable bonds is 9. The van der Waals surface area contributed by atoms with E-state index in [1.165, 1.54) is 7.11 Å². The average molecular weight is 334 g/mol. The van der Waals surface area contributed by atoms with Gasteiger partial charge in [-0.2, -0.15) is 0 Å². The summed E-state index contributed by atoms with van der Waals surface area (Å²) in [5.41, 5.74) is 1.09. The minimum atomic E-state index is -0.339. The zero-order valence-corrected chi connectivity index (χ0v) is 15.4. The van der Waals surface area contributed by atoms with Crippen LogP contribution in [-0.2, 0) is 14.3 Å². The zero-order valence-electron chi connectivity index (χ0n) is 15.4. The second-order valence-electron chi connectivity index (χ2n) is 6.42. The fourth-order valence-electron chi connectivity index (χ4n) is 2.54. The average Bonchev–Trinajstić information content (AvgIpc) is 2.56. The maximum Gasteiger partial charge on any atom is 0.319 e. The molecule has 0 saturated heterocycles. The molecule has 0 radical (unpaired) electrons. The van der Waals surface area contributed by atoms with Crippen LogP contribution in [0, 0.1) is 5.92 Å². The summed E-state index contributed by atoms with van der Waals surface area (Å²) in [4.78, 5) is 26.1. The molecule has 0 aliphatic carbocycles. The van der Waals surface area contributed by atoms with E-state index in [1.807, 2.05) is 42.2 Å². The summed E-state index contributed by atoms with van der Waals surface area (Å²) in [6.45, 7) is 8.43. The quantitative estimate of drug-likeness (QED) is 0.706. The number of nitrogens with zero attached hydrogens (tertiary/aromatic N) is 1. The molecule has 0 bridgehead atoms. The van der Waals surface area contributed by atoms with E-state index >= 15 is 0 Å². The number of carbonyl (C=O) groups is 2. The first-order valence-corrected chi connectivity index (χ1v) is 8.54. The Balaban J connectivity index is 2.90. The highest BCUT2D eigenvalue weighted by Crippen LogP contribution is 2.23. The molecule has 1 aromatic rings. The third kappa shape index (κ3) is 6.32. The molecule has 5 heteroatoms.